The van der Waals surface area contributed by atoms with Gasteiger partial charge in [0, 0.05) is 13.7 Å². The summed E-state index contributed by atoms with van der Waals surface area (Å²) in [6, 6.07) is 0. The minimum Gasteiger partial charge on any atom is -0.381 e. The van der Waals surface area contributed by atoms with Gasteiger partial charge in [-0.15, -0.1) is 0 Å². The van der Waals surface area contributed by atoms with Crippen molar-refractivity contribution < 1.29 is 9.47 Å². The summed E-state index contributed by atoms with van der Waals surface area (Å²) in [6.45, 7) is 4.23. The van der Waals surface area contributed by atoms with Gasteiger partial charge in [0.05, 0.1) is 17.8 Å². The first-order valence-corrected chi connectivity index (χ1v) is 7.69. The summed E-state index contributed by atoms with van der Waals surface area (Å²) in [5, 5.41) is 3.49. The molecule has 3 heteroatoms. The van der Waals surface area contributed by atoms with E-state index in [0.717, 1.165) is 19.5 Å². The quantitative estimate of drug-likeness (QED) is 0.791. The van der Waals surface area contributed by atoms with E-state index in [-0.39, 0.29) is 5.60 Å². The van der Waals surface area contributed by atoms with Crippen LogP contribution in [0.3, 0.4) is 0 Å². The zero-order valence-corrected chi connectivity index (χ0v) is 12.0. The van der Waals surface area contributed by atoms with Gasteiger partial charge in [0.1, 0.15) is 0 Å². The van der Waals surface area contributed by atoms with Crippen molar-refractivity contribution in [1.82, 2.24) is 5.32 Å². The number of rotatable bonds is 6. The lowest BCUT2D eigenvalue weighted by Crippen LogP contribution is -2.45. The van der Waals surface area contributed by atoms with Crippen molar-refractivity contribution >= 4 is 0 Å². The molecule has 2 rings (SSSR count). The van der Waals surface area contributed by atoms with Crippen molar-refractivity contribution in [2.45, 2.75) is 76.1 Å². The normalized spacial score (nSPS) is 31.7. The summed E-state index contributed by atoms with van der Waals surface area (Å²) in [7, 11) is 1.83. The minimum absolute atomic E-state index is 0.121. The third-order valence-corrected chi connectivity index (χ3v) is 4.54. The standard InChI is InChI=1S/C15H29NO2/c1-3-16-12-15(9-4-5-10-15)18-14-8-6-7-13(11-14)17-2/h13-14,16H,3-12H2,1-2H3. The Bertz CT molecular complexity index is 239. The summed E-state index contributed by atoms with van der Waals surface area (Å²) in [6.07, 6.45) is 10.7. The summed E-state index contributed by atoms with van der Waals surface area (Å²) in [5.41, 5.74) is 0.121. The van der Waals surface area contributed by atoms with Gasteiger partial charge in [-0.25, -0.2) is 0 Å². The van der Waals surface area contributed by atoms with E-state index in [2.05, 4.69) is 12.2 Å². The second-order valence-corrected chi connectivity index (χ2v) is 5.93. The van der Waals surface area contributed by atoms with Crippen LogP contribution in [0, 0.1) is 0 Å². The van der Waals surface area contributed by atoms with Crippen LogP contribution in [0.15, 0.2) is 0 Å². The Morgan fingerprint density at radius 1 is 1.11 bits per heavy atom. The van der Waals surface area contributed by atoms with Gasteiger partial charge in [-0.2, -0.15) is 0 Å². The molecular formula is C15H29NO2. The van der Waals surface area contributed by atoms with Crippen molar-refractivity contribution in [1.29, 1.82) is 0 Å². The second kappa shape index (κ2) is 6.88. The first-order chi connectivity index (χ1) is 8.78. The lowest BCUT2D eigenvalue weighted by Gasteiger charge is -2.37. The van der Waals surface area contributed by atoms with Crippen LogP contribution in [0.2, 0.25) is 0 Å². The molecule has 1 N–H and O–H groups in total. The van der Waals surface area contributed by atoms with Crippen molar-refractivity contribution in [2.24, 2.45) is 0 Å². The first-order valence-electron chi connectivity index (χ1n) is 7.69. The Morgan fingerprint density at radius 3 is 2.50 bits per heavy atom. The van der Waals surface area contributed by atoms with Crippen molar-refractivity contribution in [3.63, 3.8) is 0 Å². The Balaban J connectivity index is 1.87. The first kappa shape index (κ1) is 14.3. The van der Waals surface area contributed by atoms with Gasteiger partial charge in [0.15, 0.2) is 0 Å². The Labute approximate surface area is 112 Å². The topological polar surface area (TPSA) is 30.5 Å². The van der Waals surface area contributed by atoms with Crippen LogP contribution in [-0.2, 0) is 9.47 Å². The molecule has 0 aliphatic heterocycles. The molecule has 3 nitrogen and oxygen atoms in total. The molecule has 0 aromatic carbocycles. The Hall–Kier alpha value is -0.120. The molecule has 0 heterocycles. The van der Waals surface area contributed by atoms with E-state index in [1.54, 1.807) is 0 Å². The van der Waals surface area contributed by atoms with Crippen LogP contribution in [0.1, 0.15) is 58.3 Å². The average Bonchev–Trinajstić information content (AvgIpc) is 2.85. The third kappa shape index (κ3) is 3.69. The molecule has 0 bridgehead atoms. The van der Waals surface area contributed by atoms with Crippen LogP contribution >= 0.6 is 0 Å². The zero-order valence-electron chi connectivity index (χ0n) is 12.0. The molecule has 2 unspecified atom stereocenters. The predicted molar refractivity (Wildman–Crippen MR) is 73.9 cm³/mol. The molecule has 0 aromatic heterocycles. The molecular weight excluding hydrogens is 226 g/mol. The molecule has 2 saturated carbocycles. The van der Waals surface area contributed by atoms with Crippen LogP contribution < -0.4 is 5.32 Å². The number of methoxy groups -OCH3 is 1. The average molecular weight is 255 g/mol. The van der Waals surface area contributed by atoms with E-state index in [0.29, 0.717) is 12.2 Å². The maximum atomic E-state index is 6.53. The fraction of sp³-hybridized carbons (Fsp3) is 1.00. The van der Waals surface area contributed by atoms with Crippen molar-refractivity contribution in [3.05, 3.63) is 0 Å². The monoisotopic (exact) mass is 255 g/mol. The number of hydrogen-bond acceptors (Lipinski definition) is 3. The van der Waals surface area contributed by atoms with Gasteiger partial charge in [0.25, 0.3) is 0 Å². The van der Waals surface area contributed by atoms with E-state index in [4.69, 9.17) is 9.47 Å². The molecule has 0 spiro atoms. The van der Waals surface area contributed by atoms with E-state index in [1.807, 2.05) is 7.11 Å². The SMILES string of the molecule is CCNCC1(OC2CCCC(OC)C2)CCCC1. The molecule has 0 saturated heterocycles. The van der Waals surface area contributed by atoms with Gasteiger partial charge < -0.3 is 14.8 Å². The molecule has 18 heavy (non-hydrogen) atoms. The molecule has 0 radical (unpaired) electrons. The molecule has 0 aromatic rings. The fourth-order valence-corrected chi connectivity index (χ4v) is 3.49. The molecule has 2 fully saturated rings. The lowest BCUT2D eigenvalue weighted by molar-refractivity contribution is -0.118. The van der Waals surface area contributed by atoms with Gasteiger partial charge in [-0.1, -0.05) is 19.8 Å². The van der Waals surface area contributed by atoms with E-state index < -0.39 is 0 Å². The second-order valence-electron chi connectivity index (χ2n) is 5.93. The van der Waals surface area contributed by atoms with Crippen LogP contribution in [0.25, 0.3) is 0 Å². The maximum absolute atomic E-state index is 6.53. The number of hydrogen-bond donors (Lipinski definition) is 1. The highest BCUT2D eigenvalue weighted by Crippen LogP contribution is 2.36. The minimum atomic E-state index is 0.121. The van der Waals surface area contributed by atoms with Gasteiger partial charge in [-0.05, 0) is 45.1 Å². The highest BCUT2D eigenvalue weighted by atomic mass is 16.5. The van der Waals surface area contributed by atoms with Gasteiger partial charge >= 0.3 is 0 Å². The largest absolute Gasteiger partial charge is 0.381 e. The van der Waals surface area contributed by atoms with Crippen molar-refractivity contribution in [2.75, 3.05) is 20.2 Å². The molecule has 2 atom stereocenters. The third-order valence-electron chi connectivity index (χ3n) is 4.54. The van der Waals surface area contributed by atoms with E-state index in [9.17, 15) is 0 Å². The van der Waals surface area contributed by atoms with Gasteiger partial charge in [-0.3, -0.25) is 0 Å². The fourth-order valence-electron chi connectivity index (χ4n) is 3.49. The van der Waals surface area contributed by atoms with E-state index in [1.165, 1.54) is 44.9 Å². The molecule has 106 valence electrons. The van der Waals surface area contributed by atoms with Crippen LogP contribution in [0.5, 0.6) is 0 Å². The number of likely N-dealkylation sites (N-methyl/N-ethyl adjacent to an activating group) is 1. The van der Waals surface area contributed by atoms with Crippen molar-refractivity contribution in [3.8, 4) is 0 Å². The molecule has 0 amide bonds. The summed E-state index contributed by atoms with van der Waals surface area (Å²) >= 11 is 0. The van der Waals surface area contributed by atoms with Gasteiger partial charge in [0.2, 0.25) is 0 Å². The number of ether oxygens (including phenoxy) is 2. The lowest BCUT2D eigenvalue weighted by atomic mass is 9.93. The maximum Gasteiger partial charge on any atom is 0.0810 e. The van der Waals surface area contributed by atoms with Crippen LogP contribution in [0.4, 0.5) is 0 Å². The number of nitrogens with one attached hydrogen (secondary N) is 1. The van der Waals surface area contributed by atoms with Crippen LogP contribution in [-0.4, -0.2) is 38.0 Å². The molecule has 2 aliphatic rings. The summed E-state index contributed by atoms with van der Waals surface area (Å²) < 4.78 is 12.0. The summed E-state index contributed by atoms with van der Waals surface area (Å²) in [4.78, 5) is 0. The smallest absolute Gasteiger partial charge is 0.0810 e. The summed E-state index contributed by atoms with van der Waals surface area (Å²) in [5.74, 6) is 0. The zero-order chi connectivity index (χ0) is 12.8. The predicted octanol–water partition coefficient (Wildman–Crippen LogP) is 2.88. The Kier molecular flexibility index (Phi) is 5.46. The van der Waals surface area contributed by atoms with E-state index >= 15 is 0 Å². The highest BCUT2D eigenvalue weighted by molar-refractivity contribution is 4.90. The highest BCUT2D eigenvalue weighted by Gasteiger charge is 2.37. The molecule has 2 aliphatic carbocycles. The Morgan fingerprint density at radius 2 is 1.83 bits per heavy atom.